The van der Waals surface area contributed by atoms with Crippen LogP contribution in [0.5, 0.6) is 0 Å². The molecule has 0 N–H and O–H groups in total. The molecule has 0 saturated carbocycles. The lowest BCUT2D eigenvalue weighted by Crippen LogP contribution is -2.47. The number of sulfonamides is 1. The zero-order chi connectivity index (χ0) is 20.7. The van der Waals surface area contributed by atoms with E-state index >= 15 is 0 Å². The Labute approximate surface area is 173 Å². The molecular formula is C22H28N2O4S. The quantitative estimate of drug-likeness (QED) is 0.664. The number of carbonyl (C=O) groups excluding carboxylic acids is 1. The molecule has 1 unspecified atom stereocenters. The number of ether oxygens (including phenoxy) is 1. The van der Waals surface area contributed by atoms with Crippen molar-refractivity contribution in [1.29, 1.82) is 0 Å². The molecule has 1 atom stereocenters. The van der Waals surface area contributed by atoms with Crippen molar-refractivity contribution in [3.63, 3.8) is 0 Å². The molecule has 1 fully saturated rings. The van der Waals surface area contributed by atoms with E-state index < -0.39 is 10.0 Å². The molecular weight excluding hydrogens is 388 g/mol. The first-order valence-corrected chi connectivity index (χ1v) is 11.3. The van der Waals surface area contributed by atoms with Gasteiger partial charge in [0.25, 0.3) is 0 Å². The fourth-order valence-electron chi connectivity index (χ4n) is 3.63. The molecule has 0 spiro atoms. The van der Waals surface area contributed by atoms with Crippen LogP contribution in [-0.4, -0.2) is 56.9 Å². The number of hydrogen-bond donors (Lipinski definition) is 0. The predicted molar refractivity (Wildman–Crippen MR) is 112 cm³/mol. The summed E-state index contributed by atoms with van der Waals surface area (Å²) in [5.41, 5.74) is 1.04. The summed E-state index contributed by atoms with van der Waals surface area (Å²) in [6.07, 6.45) is 1.36. The van der Waals surface area contributed by atoms with Crippen molar-refractivity contribution in [2.75, 3.05) is 33.4 Å². The summed E-state index contributed by atoms with van der Waals surface area (Å²) in [7, 11) is -1.98. The van der Waals surface area contributed by atoms with E-state index in [2.05, 4.69) is 0 Å². The maximum atomic E-state index is 13.3. The smallest absolute Gasteiger partial charge is 0.243 e. The molecule has 0 aromatic heterocycles. The largest absolute Gasteiger partial charge is 0.383 e. The third kappa shape index (κ3) is 5.44. The highest BCUT2D eigenvalue weighted by atomic mass is 32.2. The Balaban J connectivity index is 1.74. The number of carbonyl (C=O) groups is 1. The van der Waals surface area contributed by atoms with Crippen LogP contribution < -0.4 is 0 Å². The number of nitrogens with zero attached hydrogens (tertiary/aromatic N) is 2. The van der Waals surface area contributed by atoms with Crippen LogP contribution in [0.1, 0.15) is 18.4 Å². The molecule has 1 amide bonds. The van der Waals surface area contributed by atoms with Gasteiger partial charge in [-0.2, -0.15) is 4.31 Å². The van der Waals surface area contributed by atoms with Gasteiger partial charge in [-0.1, -0.05) is 48.5 Å². The fraction of sp³-hybridized carbons (Fsp3) is 0.409. The molecule has 0 aliphatic carbocycles. The number of hydrogen-bond acceptors (Lipinski definition) is 4. The monoisotopic (exact) mass is 416 g/mol. The highest BCUT2D eigenvalue weighted by molar-refractivity contribution is 7.89. The first-order chi connectivity index (χ1) is 14.0. The molecule has 3 rings (SSSR count). The molecule has 1 aliphatic heterocycles. The van der Waals surface area contributed by atoms with Crippen molar-refractivity contribution in [3.8, 4) is 0 Å². The van der Waals surface area contributed by atoms with Gasteiger partial charge in [-0.25, -0.2) is 8.42 Å². The molecule has 7 heteroatoms. The summed E-state index contributed by atoms with van der Waals surface area (Å²) in [5, 5.41) is 0. The summed E-state index contributed by atoms with van der Waals surface area (Å²) in [6.45, 7) is 2.07. The Morgan fingerprint density at radius 3 is 2.41 bits per heavy atom. The Morgan fingerprint density at radius 2 is 1.76 bits per heavy atom. The van der Waals surface area contributed by atoms with Gasteiger partial charge in [0.2, 0.25) is 15.9 Å². The molecule has 1 saturated heterocycles. The Morgan fingerprint density at radius 1 is 1.10 bits per heavy atom. The van der Waals surface area contributed by atoms with Crippen LogP contribution in [0.25, 0.3) is 0 Å². The highest BCUT2D eigenvalue weighted by Gasteiger charge is 2.35. The van der Waals surface area contributed by atoms with E-state index in [9.17, 15) is 13.2 Å². The summed E-state index contributed by atoms with van der Waals surface area (Å²) >= 11 is 0. The van der Waals surface area contributed by atoms with E-state index in [1.807, 2.05) is 30.3 Å². The predicted octanol–water partition coefficient (Wildman–Crippen LogP) is 2.76. The highest BCUT2D eigenvalue weighted by Crippen LogP contribution is 2.25. The van der Waals surface area contributed by atoms with Crippen molar-refractivity contribution in [1.82, 2.24) is 9.21 Å². The second kappa shape index (κ2) is 10.0. The van der Waals surface area contributed by atoms with Crippen molar-refractivity contribution < 1.29 is 17.9 Å². The third-order valence-electron chi connectivity index (χ3n) is 5.21. The average molecular weight is 417 g/mol. The van der Waals surface area contributed by atoms with Crippen molar-refractivity contribution in [2.24, 2.45) is 5.92 Å². The molecule has 0 radical (unpaired) electrons. The molecule has 1 heterocycles. The maximum absolute atomic E-state index is 13.3. The fourth-order valence-corrected chi connectivity index (χ4v) is 5.18. The Hall–Kier alpha value is -2.22. The van der Waals surface area contributed by atoms with Crippen LogP contribution in [0.2, 0.25) is 0 Å². The second-order valence-corrected chi connectivity index (χ2v) is 9.19. The van der Waals surface area contributed by atoms with E-state index in [0.717, 1.165) is 5.56 Å². The molecule has 29 heavy (non-hydrogen) atoms. The minimum atomic E-state index is -3.59. The van der Waals surface area contributed by atoms with Gasteiger partial charge in [-0.3, -0.25) is 4.79 Å². The molecule has 1 aliphatic rings. The molecule has 2 aromatic carbocycles. The number of amides is 1. The molecule has 156 valence electrons. The first-order valence-electron chi connectivity index (χ1n) is 9.89. The minimum Gasteiger partial charge on any atom is -0.383 e. The van der Waals surface area contributed by atoms with Gasteiger partial charge in [0.1, 0.15) is 0 Å². The average Bonchev–Trinajstić information content (AvgIpc) is 2.77. The standard InChI is InChI=1S/C22H28N2O4S/c1-28-16-15-23(17-19-9-4-2-5-10-19)22(25)20-11-8-14-24(18-20)29(26,27)21-12-6-3-7-13-21/h2-7,9-10,12-13,20H,8,11,14-18H2,1H3. The number of benzene rings is 2. The van der Waals surface area contributed by atoms with E-state index in [0.29, 0.717) is 39.1 Å². The number of methoxy groups -OCH3 is 1. The van der Waals surface area contributed by atoms with E-state index in [-0.39, 0.29) is 23.3 Å². The van der Waals surface area contributed by atoms with Gasteiger partial charge >= 0.3 is 0 Å². The van der Waals surface area contributed by atoms with E-state index in [4.69, 9.17) is 4.74 Å². The molecule has 0 bridgehead atoms. The minimum absolute atomic E-state index is 0.0149. The number of piperidine rings is 1. The van der Waals surface area contributed by atoms with E-state index in [1.54, 1.807) is 42.3 Å². The van der Waals surface area contributed by atoms with Crippen LogP contribution >= 0.6 is 0 Å². The van der Waals surface area contributed by atoms with Gasteiger partial charge in [0, 0.05) is 33.3 Å². The van der Waals surface area contributed by atoms with Gasteiger partial charge in [0.05, 0.1) is 17.4 Å². The van der Waals surface area contributed by atoms with E-state index in [1.165, 1.54) is 4.31 Å². The van der Waals surface area contributed by atoms with Crippen LogP contribution in [0.15, 0.2) is 65.6 Å². The van der Waals surface area contributed by atoms with Crippen molar-refractivity contribution >= 4 is 15.9 Å². The van der Waals surface area contributed by atoms with Crippen molar-refractivity contribution in [2.45, 2.75) is 24.3 Å². The Bertz CT molecular complexity index is 888. The zero-order valence-corrected chi connectivity index (χ0v) is 17.6. The van der Waals surface area contributed by atoms with Crippen LogP contribution in [0.3, 0.4) is 0 Å². The summed E-state index contributed by atoms with van der Waals surface area (Å²) in [6, 6.07) is 18.2. The SMILES string of the molecule is COCCN(Cc1ccccc1)C(=O)C1CCCN(S(=O)(=O)c2ccccc2)C1. The zero-order valence-electron chi connectivity index (χ0n) is 16.7. The first kappa shape index (κ1) is 21.5. The van der Waals surface area contributed by atoms with Crippen LogP contribution in [-0.2, 0) is 26.1 Å². The lowest BCUT2D eigenvalue weighted by Gasteiger charge is -2.34. The summed E-state index contributed by atoms with van der Waals surface area (Å²) in [5.74, 6) is -0.360. The van der Waals surface area contributed by atoms with Gasteiger partial charge < -0.3 is 9.64 Å². The summed E-state index contributed by atoms with van der Waals surface area (Å²) in [4.78, 5) is 15.3. The van der Waals surface area contributed by atoms with Crippen LogP contribution in [0, 0.1) is 5.92 Å². The normalized spacial score (nSPS) is 17.8. The van der Waals surface area contributed by atoms with Gasteiger partial charge in [-0.15, -0.1) is 0 Å². The topological polar surface area (TPSA) is 66.9 Å². The summed E-state index contributed by atoms with van der Waals surface area (Å²) < 4.78 is 32.6. The second-order valence-electron chi connectivity index (χ2n) is 7.25. The van der Waals surface area contributed by atoms with Gasteiger partial charge in [0.15, 0.2) is 0 Å². The Kier molecular flexibility index (Phi) is 7.41. The van der Waals surface area contributed by atoms with Crippen molar-refractivity contribution in [3.05, 3.63) is 66.2 Å². The van der Waals surface area contributed by atoms with Crippen LogP contribution in [0.4, 0.5) is 0 Å². The lowest BCUT2D eigenvalue weighted by atomic mass is 9.97. The van der Waals surface area contributed by atoms with Gasteiger partial charge in [-0.05, 0) is 30.5 Å². The molecule has 6 nitrogen and oxygen atoms in total. The maximum Gasteiger partial charge on any atom is 0.243 e. The third-order valence-corrected chi connectivity index (χ3v) is 7.09. The number of rotatable bonds is 8. The lowest BCUT2D eigenvalue weighted by molar-refractivity contribution is -0.138. The molecule has 2 aromatic rings.